The van der Waals surface area contributed by atoms with Crippen LogP contribution in [0.2, 0.25) is 0 Å². The smallest absolute Gasteiger partial charge is 0.416 e. The summed E-state index contributed by atoms with van der Waals surface area (Å²) >= 11 is 0. The summed E-state index contributed by atoms with van der Waals surface area (Å²) in [5, 5.41) is 13.0. The lowest BCUT2D eigenvalue weighted by molar-refractivity contribution is -0.137. The Balaban J connectivity index is 1.70. The number of carboxylic acids is 1. The van der Waals surface area contributed by atoms with Crippen molar-refractivity contribution in [3.63, 3.8) is 0 Å². The van der Waals surface area contributed by atoms with Gasteiger partial charge in [-0.15, -0.1) is 0 Å². The number of hydrogen-bond acceptors (Lipinski definition) is 5. The average Bonchev–Trinajstić information content (AvgIpc) is 2.73. The number of fused-ring (bicyclic) bond motifs is 1. The number of aromatic carboxylic acids is 1. The zero-order chi connectivity index (χ0) is 21.3. The van der Waals surface area contributed by atoms with E-state index in [-0.39, 0.29) is 5.56 Å². The molecule has 150 valence electrons. The molecule has 0 aliphatic rings. The van der Waals surface area contributed by atoms with E-state index in [1.807, 2.05) is 0 Å². The average molecular weight is 410 g/mol. The third-order valence-electron chi connectivity index (χ3n) is 4.42. The third kappa shape index (κ3) is 3.77. The molecule has 2 heterocycles. The van der Waals surface area contributed by atoms with E-state index in [2.05, 4.69) is 20.3 Å². The molecule has 9 heteroatoms. The van der Waals surface area contributed by atoms with Crippen LogP contribution in [0.5, 0.6) is 0 Å². The Morgan fingerprint density at radius 3 is 2.43 bits per heavy atom. The van der Waals surface area contributed by atoms with Gasteiger partial charge in [0.15, 0.2) is 0 Å². The molecular weight excluding hydrogens is 397 g/mol. The second-order valence-corrected chi connectivity index (χ2v) is 6.36. The Kier molecular flexibility index (Phi) is 4.78. The third-order valence-corrected chi connectivity index (χ3v) is 4.42. The predicted octanol–water partition coefficient (Wildman–Crippen LogP) is 5.15. The maximum absolute atomic E-state index is 12.7. The van der Waals surface area contributed by atoms with Gasteiger partial charge in [-0.25, -0.2) is 14.8 Å². The highest BCUT2D eigenvalue weighted by Crippen LogP contribution is 2.32. The van der Waals surface area contributed by atoms with E-state index in [0.717, 1.165) is 12.1 Å². The molecule has 4 aromatic rings. The van der Waals surface area contributed by atoms with E-state index in [4.69, 9.17) is 0 Å². The lowest BCUT2D eigenvalue weighted by Gasteiger charge is -2.11. The fraction of sp³-hybridized carbons (Fsp3) is 0.0476. The van der Waals surface area contributed by atoms with Gasteiger partial charge in [-0.2, -0.15) is 13.2 Å². The summed E-state index contributed by atoms with van der Waals surface area (Å²) in [6.45, 7) is 0. The molecular formula is C21H13F3N4O2. The molecule has 0 spiro atoms. The number of alkyl halides is 3. The molecule has 0 fully saturated rings. The number of aromatic nitrogens is 3. The SMILES string of the molecule is O=C(O)c1cccnc1-c1ccc2c(Nc3ccc(C(F)(F)F)cc3)ncnc2c1. The Hall–Kier alpha value is -4.01. The summed E-state index contributed by atoms with van der Waals surface area (Å²) < 4.78 is 38.2. The van der Waals surface area contributed by atoms with Crippen molar-refractivity contribution in [1.29, 1.82) is 0 Å². The van der Waals surface area contributed by atoms with Crippen molar-refractivity contribution in [3.8, 4) is 11.3 Å². The molecule has 30 heavy (non-hydrogen) atoms. The van der Waals surface area contributed by atoms with Gasteiger partial charge in [0, 0.05) is 22.8 Å². The van der Waals surface area contributed by atoms with Crippen molar-refractivity contribution in [2.24, 2.45) is 0 Å². The van der Waals surface area contributed by atoms with Gasteiger partial charge in [0.05, 0.1) is 22.3 Å². The standard InChI is InChI=1S/C21H13F3N4O2/c22-21(23,24)13-4-6-14(7-5-13)28-19-15-8-3-12(10-17(15)26-11-27-19)18-16(20(29)30)2-1-9-25-18/h1-11H,(H,29,30)(H,26,27,28). The van der Waals surface area contributed by atoms with E-state index in [9.17, 15) is 23.1 Å². The summed E-state index contributed by atoms with van der Waals surface area (Å²) in [6.07, 6.45) is -1.59. The first-order valence-corrected chi connectivity index (χ1v) is 8.70. The van der Waals surface area contributed by atoms with Crippen LogP contribution < -0.4 is 5.32 Å². The van der Waals surface area contributed by atoms with Crippen LogP contribution in [0.15, 0.2) is 67.1 Å². The minimum absolute atomic E-state index is 0.0639. The highest BCUT2D eigenvalue weighted by atomic mass is 19.4. The van der Waals surface area contributed by atoms with E-state index in [1.165, 1.54) is 30.7 Å². The maximum atomic E-state index is 12.7. The number of carbonyl (C=O) groups is 1. The van der Waals surface area contributed by atoms with Gasteiger partial charge in [-0.3, -0.25) is 4.98 Å². The molecule has 0 bridgehead atoms. The van der Waals surface area contributed by atoms with Crippen LogP contribution in [0, 0.1) is 0 Å². The Morgan fingerprint density at radius 1 is 0.967 bits per heavy atom. The fourth-order valence-corrected chi connectivity index (χ4v) is 2.99. The second kappa shape index (κ2) is 7.43. The minimum atomic E-state index is -4.41. The van der Waals surface area contributed by atoms with Crippen LogP contribution in [0.25, 0.3) is 22.2 Å². The zero-order valence-corrected chi connectivity index (χ0v) is 15.2. The van der Waals surface area contributed by atoms with Gasteiger partial charge in [0.25, 0.3) is 0 Å². The molecule has 2 aromatic heterocycles. The zero-order valence-electron chi connectivity index (χ0n) is 15.2. The number of halogens is 3. The highest BCUT2D eigenvalue weighted by Gasteiger charge is 2.29. The van der Waals surface area contributed by atoms with Gasteiger partial charge in [-0.05, 0) is 48.5 Å². The van der Waals surface area contributed by atoms with Crippen molar-refractivity contribution in [2.75, 3.05) is 5.32 Å². The first-order valence-electron chi connectivity index (χ1n) is 8.70. The lowest BCUT2D eigenvalue weighted by Crippen LogP contribution is -2.04. The van der Waals surface area contributed by atoms with E-state index >= 15 is 0 Å². The summed E-state index contributed by atoms with van der Waals surface area (Å²) in [7, 11) is 0. The minimum Gasteiger partial charge on any atom is -0.478 e. The van der Waals surface area contributed by atoms with Crippen LogP contribution in [-0.2, 0) is 6.18 Å². The normalized spacial score (nSPS) is 11.4. The van der Waals surface area contributed by atoms with Gasteiger partial charge < -0.3 is 10.4 Å². The number of benzene rings is 2. The number of nitrogens with one attached hydrogen (secondary N) is 1. The van der Waals surface area contributed by atoms with Crippen molar-refractivity contribution >= 4 is 28.4 Å². The molecule has 0 amide bonds. The molecule has 6 nitrogen and oxygen atoms in total. The van der Waals surface area contributed by atoms with Crippen molar-refractivity contribution in [1.82, 2.24) is 15.0 Å². The van der Waals surface area contributed by atoms with Crippen molar-refractivity contribution < 1.29 is 23.1 Å². The number of rotatable bonds is 4. The van der Waals surface area contributed by atoms with E-state index < -0.39 is 17.7 Å². The quantitative estimate of drug-likeness (QED) is 0.484. The number of pyridine rings is 1. The molecule has 2 aromatic carbocycles. The van der Waals surface area contributed by atoms with Crippen molar-refractivity contribution in [3.05, 3.63) is 78.2 Å². The summed E-state index contributed by atoms with van der Waals surface area (Å²) in [6, 6.07) is 12.7. The summed E-state index contributed by atoms with van der Waals surface area (Å²) in [5.41, 5.74) is 1.16. The van der Waals surface area contributed by atoms with Gasteiger partial charge in [0.2, 0.25) is 0 Å². The Morgan fingerprint density at radius 2 is 1.73 bits per heavy atom. The topological polar surface area (TPSA) is 88.0 Å². The number of hydrogen-bond donors (Lipinski definition) is 2. The number of anilines is 2. The number of carboxylic acid groups (broad SMARTS) is 1. The molecule has 2 N–H and O–H groups in total. The van der Waals surface area contributed by atoms with Gasteiger partial charge in [-0.1, -0.05) is 6.07 Å². The highest BCUT2D eigenvalue weighted by molar-refractivity contribution is 5.97. The van der Waals surface area contributed by atoms with Crippen LogP contribution in [0.1, 0.15) is 15.9 Å². The van der Waals surface area contributed by atoms with E-state index in [0.29, 0.717) is 33.7 Å². The van der Waals surface area contributed by atoms with Crippen LogP contribution in [0.4, 0.5) is 24.7 Å². The molecule has 0 radical (unpaired) electrons. The van der Waals surface area contributed by atoms with E-state index in [1.54, 1.807) is 24.3 Å². The largest absolute Gasteiger partial charge is 0.478 e. The van der Waals surface area contributed by atoms with Crippen LogP contribution in [0.3, 0.4) is 0 Å². The Labute approximate surface area is 168 Å². The lowest BCUT2D eigenvalue weighted by atomic mass is 10.0. The maximum Gasteiger partial charge on any atom is 0.416 e. The van der Waals surface area contributed by atoms with Crippen molar-refractivity contribution in [2.45, 2.75) is 6.18 Å². The van der Waals surface area contributed by atoms with Crippen LogP contribution >= 0.6 is 0 Å². The summed E-state index contributed by atoms with van der Waals surface area (Å²) in [4.78, 5) is 24.0. The first-order chi connectivity index (χ1) is 14.3. The first kappa shape index (κ1) is 19.3. The molecule has 0 unspecified atom stereocenters. The molecule has 4 rings (SSSR count). The molecule has 0 aliphatic carbocycles. The van der Waals surface area contributed by atoms with Gasteiger partial charge >= 0.3 is 12.1 Å². The fourth-order valence-electron chi connectivity index (χ4n) is 2.99. The monoisotopic (exact) mass is 410 g/mol. The molecule has 0 saturated carbocycles. The number of nitrogens with zero attached hydrogens (tertiary/aromatic N) is 3. The second-order valence-electron chi connectivity index (χ2n) is 6.36. The molecule has 0 aliphatic heterocycles. The predicted molar refractivity (Wildman–Crippen MR) is 104 cm³/mol. The van der Waals surface area contributed by atoms with Crippen LogP contribution in [-0.4, -0.2) is 26.0 Å². The summed E-state index contributed by atoms with van der Waals surface area (Å²) in [5.74, 6) is -0.684. The Bertz CT molecular complexity index is 1240. The molecule has 0 saturated heterocycles. The van der Waals surface area contributed by atoms with Gasteiger partial charge in [0.1, 0.15) is 12.1 Å². The molecule has 0 atom stereocenters.